The van der Waals surface area contributed by atoms with Crippen molar-refractivity contribution in [2.75, 3.05) is 0 Å². The second-order valence-electron chi connectivity index (χ2n) is 11.6. The van der Waals surface area contributed by atoms with Crippen molar-refractivity contribution in [3.63, 3.8) is 0 Å². The molecule has 43 heavy (non-hydrogen) atoms. The first-order valence-electron chi connectivity index (χ1n) is 14.5. The van der Waals surface area contributed by atoms with Crippen LogP contribution >= 0.6 is 0 Å². The second-order valence-corrected chi connectivity index (χ2v) is 15.2. The quantitative estimate of drug-likeness (QED) is 0.269. The van der Waals surface area contributed by atoms with Gasteiger partial charge in [0.2, 0.25) is 0 Å². The van der Waals surface area contributed by atoms with E-state index in [0.29, 0.717) is 7.25 Å². The molecule has 2 atom stereocenters. The van der Waals surface area contributed by atoms with Gasteiger partial charge in [-0.15, -0.1) is 0 Å². The van der Waals surface area contributed by atoms with Gasteiger partial charge in [-0.2, -0.15) is 0 Å². The third-order valence-corrected chi connectivity index (χ3v) is 14.1. The van der Waals surface area contributed by atoms with Crippen LogP contribution < -0.4 is 24.8 Å². The van der Waals surface area contributed by atoms with E-state index in [1.165, 1.54) is 78.0 Å². The molecule has 5 heteroatoms. The summed E-state index contributed by atoms with van der Waals surface area (Å²) >= 11 is -1.16. The van der Waals surface area contributed by atoms with Crippen LogP contribution in [-0.4, -0.2) is 9.13 Å². The largest absolute Gasteiger partial charge is 1.00 e. The number of rotatable bonds is 4. The first-order chi connectivity index (χ1) is 20.0. The molecule has 6 aromatic rings. The third kappa shape index (κ3) is 4.47. The van der Waals surface area contributed by atoms with E-state index < -0.39 is 23.2 Å². The molecule has 0 fully saturated rings. The summed E-state index contributed by atoms with van der Waals surface area (Å²) in [5, 5.41) is 2.73. The molecule has 2 aromatic heterocycles. The van der Waals surface area contributed by atoms with Crippen molar-refractivity contribution in [1.82, 2.24) is 9.13 Å². The average Bonchev–Trinajstić information content (AvgIpc) is 3.69. The Hall–Kier alpha value is -3.10. The van der Waals surface area contributed by atoms with Crippen molar-refractivity contribution in [3.8, 4) is 0 Å². The molecule has 0 radical (unpaired) electrons. The number of allylic oxidation sites excluding steroid dienone is 2. The Bertz CT molecular complexity index is 1950. The number of hydrogen-bond acceptors (Lipinski definition) is 0. The van der Waals surface area contributed by atoms with Crippen LogP contribution in [-0.2, 0) is 23.2 Å². The van der Waals surface area contributed by atoms with E-state index >= 15 is 0 Å². The molecule has 2 aliphatic rings. The fourth-order valence-electron chi connectivity index (χ4n) is 7.24. The summed E-state index contributed by atoms with van der Waals surface area (Å²) in [5.74, 6) is 0. The molecule has 0 spiro atoms. The van der Waals surface area contributed by atoms with Crippen LogP contribution in [0.15, 0.2) is 97.1 Å². The molecule has 8 rings (SSSR count). The molecule has 0 N–H and O–H groups in total. The zero-order chi connectivity index (χ0) is 27.8. The molecule has 0 bridgehead atoms. The van der Waals surface area contributed by atoms with Gasteiger partial charge in [-0.05, 0) is 0 Å². The summed E-state index contributed by atoms with van der Waals surface area (Å²) in [5.41, 5.74) is 16.9. The van der Waals surface area contributed by atoms with Crippen LogP contribution in [0.25, 0.3) is 45.4 Å². The molecular formula is C38H32Cl2N2Zr. The minimum Gasteiger partial charge on any atom is -1.00 e. The van der Waals surface area contributed by atoms with Crippen molar-refractivity contribution in [2.24, 2.45) is 0 Å². The van der Waals surface area contributed by atoms with E-state index in [1.807, 2.05) is 0 Å². The number of aromatic nitrogens is 2. The number of benzene rings is 4. The maximum absolute atomic E-state index is 2.58. The van der Waals surface area contributed by atoms with Crippen LogP contribution in [0.3, 0.4) is 0 Å². The molecule has 0 saturated carbocycles. The Kier molecular flexibility index (Phi) is 7.97. The molecule has 2 aliphatic carbocycles. The molecule has 0 saturated heterocycles. The van der Waals surface area contributed by atoms with Gasteiger partial charge in [0.05, 0.1) is 0 Å². The number of aryl methyl sites for hydroxylation is 2. The predicted molar refractivity (Wildman–Crippen MR) is 170 cm³/mol. The summed E-state index contributed by atoms with van der Waals surface area (Å²) < 4.78 is 6.07. The van der Waals surface area contributed by atoms with Gasteiger partial charge >= 0.3 is 254 Å². The van der Waals surface area contributed by atoms with Crippen LogP contribution in [0, 0.1) is 27.7 Å². The zero-order valence-electron chi connectivity index (χ0n) is 24.7. The first-order valence-corrected chi connectivity index (χ1v) is 17.4. The standard InChI is InChI=1S/2C19H16N.2ClH.Zr/c2*1-13-14(2)20(19-10-6-5-9-18(13)19)17-11-15-7-3-4-8-16(15)12-17;;;/h2*3-12H,1-2H3;2*1H;/q;;;;+2/p-2. The fraction of sp³-hybridized carbons (Fsp3) is 0.158. The summed E-state index contributed by atoms with van der Waals surface area (Å²) in [4.78, 5) is 0. The number of fused-ring (bicyclic) bond motifs is 4. The Morgan fingerprint density at radius 1 is 0.488 bits per heavy atom. The van der Waals surface area contributed by atoms with Crippen LogP contribution in [0.2, 0.25) is 0 Å². The van der Waals surface area contributed by atoms with Gasteiger partial charge in [0.15, 0.2) is 0 Å². The van der Waals surface area contributed by atoms with Crippen molar-refractivity contribution >= 4 is 45.4 Å². The van der Waals surface area contributed by atoms with E-state index in [4.69, 9.17) is 0 Å². The monoisotopic (exact) mass is 676 g/mol. The smallest absolute Gasteiger partial charge is 1.00 e. The van der Waals surface area contributed by atoms with Crippen LogP contribution in [0.5, 0.6) is 0 Å². The van der Waals surface area contributed by atoms with E-state index in [1.54, 1.807) is 0 Å². The molecule has 0 aliphatic heterocycles. The van der Waals surface area contributed by atoms with Gasteiger partial charge in [0.25, 0.3) is 0 Å². The van der Waals surface area contributed by atoms with Gasteiger partial charge in [0.1, 0.15) is 0 Å². The van der Waals surface area contributed by atoms with Gasteiger partial charge in [-0.1, -0.05) is 0 Å². The van der Waals surface area contributed by atoms with E-state index in [2.05, 4.69) is 146 Å². The normalized spacial score (nSPS) is 16.7. The van der Waals surface area contributed by atoms with Crippen molar-refractivity contribution < 1.29 is 48.0 Å². The number of para-hydroxylation sites is 2. The number of hydrogen-bond donors (Lipinski definition) is 0. The van der Waals surface area contributed by atoms with Gasteiger partial charge < -0.3 is 24.8 Å². The SMILES string of the molecule is Cc1c(C)n(C2=Cc3ccccc3[CH]2[Zr+2][CH]2C(n3c(C)c(C)c4ccccc43)=Cc3ccccc32)c2ccccc12.[Cl-].[Cl-]. The topological polar surface area (TPSA) is 9.86 Å². The molecule has 2 unspecified atom stereocenters. The first kappa shape index (κ1) is 30.0. The maximum Gasteiger partial charge on any atom is -1.00 e. The second kappa shape index (κ2) is 11.4. The van der Waals surface area contributed by atoms with Gasteiger partial charge in [-0.25, -0.2) is 0 Å². The van der Waals surface area contributed by atoms with E-state index in [-0.39, 0.29) is 24.8 Å². The predicted octanol–water partition coefficient (Wildman–Crippen LogP) is 3.73. The summed E-state index contributed by atoms with van der Waals surface area (Å²) in [6.45, 7) is 9.16. The third-order valence-electron chi connectivity index (χ3n) is 9.52. The number of halogens is 2. The molecule has 4 aromatic carbocycles. The zero-order valence-corrected chi connectivity index (χ0v) is 28.7. The van der Waals surface area contributed by atoms with E-state index in [0.717, 1.165) is 0 Å². The molecular weight excluding hydrogens is 647 g/mol. The maximum atomic E-state index is 2.58. The minimum absolute atomic E-state index is 0. The van der Waals surface area contributed by atoms with Crippen LogP contribution in [0.1, 0.15) is 52.0 Å². The van der Waals surface area contributed by atoms with Crippen molar-refractivity contribution in [1.29, 1.82) is 0 Å². The molecule has 212 valence electrons. The van der Waals surface area contributed by atoms with Crippen LogP contribution in [0.4, 0.5) is 0 Å². The number of nitrogens with zero attached hydrogens (tertiary/aromatic N) is 2. The fourth-order valence-corrected chi connectivity index (χ4v) is 12.1. The summed E-state index contributed by atoms with van der Waals surface area (Å²) in [6.07, 6.45) is 4.98. The molecule has 2 nitrogen and oxygen atoms in total. The summed E-state index contributed by atoms with van der Waals surface area (Å²) in [6, 6.07) is 36.1. The van der Waals surface area contributed by atoms with Crippen molar-refractivity contribution in [2.45, 2.75) is 34.9 Å². The van der Waals surface area contributed by atoms with Gasteiger partial charge in [-0.3, -0.25) is 0 Å². The minimum atomic E-state index is -1.16. The van der Waals surface area contributed by atoms with Crippen molar-refractivity contribution in [3.05, 3.63) is 142 Å². The Labute approximate surface area is 277 Å². The van der Waals surface area contributed by atoms with Gasteiger partial charge in [0, 0.05) is 0 Å². The summed E-state index contributed by atoms with van der Waals surface area (Å²) in [7, 11) is 0. The molecule has 0 amide bonds. The Morgan fingerprint density at radius 2 is 0.860 bits per heavy atom. The Morgan fingerprint density at radius 3 is 1.30 bits per heavy atom. The Balaban J connectivity index is 0.00000165. The van der Waals surface area contributed by atoms with E-state index in [9.17, 15) is 0 Å². The average molecular weight is 679 g/mol. The molecule has 2 heterocycles.